The summed E-state index contributed by atoms with van der Waals surface area (Å²) in [5.41, 5.74) is 1.02. The van der Waals surface area contributed by atoms with Crippen molar-refractivity contribution in [1.82, 2.24) is 0 Å². The van der Waals surface area contributed by atoms with Crippen molar-refractivity contribution in [2.24, 2.45) is 0 Å². The van der Waals surface area contributed by atoms with E-state index in [9.17, 15) is 27.6 Å². The SMILES string of the molecule is Cc1cc(C)cc(N2C(=O)C(Cl)=C(Nc3cccc(C(=O)Nc4cc(C(F)(F)F)ccc4Cl)c3)C2=O)c1. The Bertz CT molecular complexity index is 1470. The predicted octanol–water partition coefficient (Wildman–Crippen LogP) is 6.66. The molecule has 0 bridgehead atoms. The zero-order chi connectivity index (χ0) is 27.1. The Hall–Kier alpha value is -3.82. The summed E-state index contributed by atoms with van der Waals surface area (Å²) in [5, 5.41) is 4.74. The fourth-order valence-corrected chi connectivity index (χ4v) is 4.18. The number of amides is 3. The van der Waals surface area contributed by atoms with Gasteiger partial charge in [0.25, 0.3) is 17.7 Å². The molecule has 3 aromatic carbocycles. The Balaban J connectivity index is 1.56. The lowest BCUT2D eigenvalue weighted by molar-refractivity contribution is -0.137. The fraction of sp³-hybridized carbons (Fsp3) is 0.115. The number of imide groups is 1. The standard InChI is InChI=1S/C26H18Cl2F3N3O3/c1-13-8-14(2)10-18(9-13)34-24(36)21(28)22(25(34)37)32-17-5-3-4-15(11-17)23(35)33-20-12-16(26(29,30)31)6-7-19(20)27/h3-12,32H,1-2H3,(H,33,35). The van der Waals surface area contributed by atoms with E-state index in [0.29, 0.717) is 5.69 Å². The molecule has 0 atom stereocenters. The van der Waals surface area contributed by atoms with E-state index in [1.54, 1.807) is 12.1 Å². The Labute approximate surface area is 219 Å². The molecular formula is C26H18Cl2F3N3O3. The van der Waals surface area contributed by atoms with E-state index < -0.39 is 29.5 Å². The summed E-state index contributed by atoms with van der Waals surface area (Å²) in [4.78, 5) is 39.6. The lowest BCUT2D eigenvalue weighted by Crippen LogP contribution is -2.32. The van der Waals surface area contributed by atoms with Gasteiger partial charge in [0.1, 0.15) is 10.7 Å². The molecule has 6 nitrogen and oxygen atoms in total. The normalized spacial score (nSPS) is 13.9. The maximum atomic E-state index is 13.1. The molecule has 0 saturated heterocycles. The third-order valence-electron chi connectivity index (χ3n) is 5.43. The van der Waals surface area contributed by atoms with Gasteiger partial charge in [-0.15, -0.1) is 0 Å². The number of nitrogens with zero attached hydrogens (tertiary/aromatic N) is 1. The number of carbonyl (C=O) groups is 3. The molecule has 1 heterocycles. The van der Waals surface area contributed by atoms with Crippen LogP contribution in [-0.2, 0) is 15.8 Å². The van der Waals surface area contributed by atoms with Crippen LogP contribution in [0.4, 0.5) is 30.2 Å². The molecule has 37 heavy (non-hydrogen) atoms. The van der Waals surface area contributed by atoms with Gasteiger partial charge in [0.15, 0.2) is 0 Å². The van der Waals surface area contributed by atoms with Crippen molar-refractivity contribution in [2.45, 2.75) is 20.0 Å². The zero-order valence-corrected chi connectivity index (χ0v) is 20.8. The number of anilines is 3. The third-order valence-corrected chi connectivity index (χ3v) is 6.11. The highest BCUT2D eigenvalue weighted by Crippen LogP contribution is 2.34. The summed E-state index contributed by atoms with van der Waals surface area (Å²) >= 11 is 12.2. The van der Waals surface area contributed by atoms with Crippen LogP contribution in [0.15, 0.2) is 71.4 Å². The van der Waals surface area contributed by atoms with Crippen molar-refractivity contribution in [1.29, 1.82) is 0 Å². The molecule has 4 rings (SSSR count). The van der Waals surface area contributed by atoms with Crippen molar-refractivity contribution in [3.63, 3.8) is 0 Å². The molecule has 11 heteroatoms. The van der Waals surface area contributed by atoms with Crippen LogP contribution in [-0.4, -0.2) is 17.7 Å². The Morgan fingerprint density at radius 3 is 2.22 bits per heavy atom. The number of rotatable bonds is 5. The quantitative estimate of drug-likeness (QED) is 0.350. The topological polar surface area (TPSA) is 78.5 Å². The maximum Gasteiger partial charge on any atom is 0.416 e. The predicted molar refractivity (Wildman–Crippen MR) is 136 cm³/mol. The van der Waals surface area contributed by atoms with E-state index in [4.69, 9.17) is 23.2 Å². The summed E-state index contributed by atoms with van der Waals surface area (Å²) in [7, 11) is 0. The first-order valence-electron chi connectivity index (χ1n) is 10.8. The molecule has 0 fully saturated rings. The summed E-state index contributed by atoms with van der Waals surface area (Å²) in [6, 6.07) is 13.6. The van der Waals surface area contributed by atoms with Gasteiger partial charge in [-0.25, -0.2) is 4.90 Å². The van der Waals surface area contributed by atoms with Crippen molar-refractivity contribution in [3.8, 4) is 0 Å². The summed E-state index contributed by atoms with van der Waals surface area (Å²) < 4.78 is 39.1. The van der Waals surface area contributed by atoms with Crippen LogP contribution in [0.1, 0.15) is 27.0 Å². The highest BCUT2D eigenvalue weighted by Gasteiger charge is 2.39. The van der Waals surface area contributed by atoms with E-state index in [1.807, 2.05) is 19.9 Å². The van der Waals surface area contributed by atoms with Gasteiger partial charge in [0.05, 0.1) is 22.0 Å². The van der Waals surface area contributed by atoms with Crippen LogP contribution in [0.25, 0.3) is 0 Å². The Morgan fingerprint density at radius 2 is 1.57 bits per heavy atom. The van der Waals surface area contributed by atoms with E-state index >= 15 is 0 Å². The van der Waals surface area contributed by atoms with E-state index in [0.717, 1.165) is 34.2 Å². The van der Waals surface area contributed by atoms with Gasteiger partial charge < -0.3 is 10.6 Å². The molecule has 0 aliphatic carbocycles. The zero-order valence-electron chi connectivity index (χ0n) is 19.3. The molecule has 3 amide bonds. The van der Waals surface area contributed by atoms with E-state index in [2.05, 4.69) is 10.6 Å². The molecular weight excluding hydrogens is 530 g/mol. The first kappa shape index (κ1) is 26.2. The second-order valence-corrected chi connectivity index (χ2v) is 9.12. The van der Waals surface area contributed by atoms with E-state index in [1.165, 1.54) is 24.3 Å². The van der Waals surface area contributed by atoms with Crippen molar-refractivity contribution >= 4 is 58.0 Å². The number of hydrogen-bond donors (Lipinski definition) is 2. The smallest absolute Gasteiger partial charge is 0.350 e. The number of alkyl halides is 3. The van der Waals surface area contributed by atoms with Crippen molar-refractivity contribution in [2.75, 3.05) is 15.5 Å². The van der Waals surface area contributed by atoms with Crippen LogP contribution in [0, 0.1) is 13.8 Å². The molecule has 190 valence electrons. The molecule has 0 aromatic heterocycles. The van der Waals surface area contributed by atoms with Crippen molar-refractivity contribution in [3.05, 3.63) is 98.7 Å². The number of halogens is 5. The Morgan fingerprint density at radius 1 is 0.892 bits per heavy atom. The number of nitrogens with one attached hydrogen (secondary N) is 2. The lowest BCUT2D eigenvalue weighted by Gasteiger charge is -2.16. The van der Waals surface area contributed by atoms with Crippen molar-refractivity contribution < 1.29 is 27.6 Å². The molecule has 0 radical (unpaired) electrons. The molecule has 2 N–H and O–H groups in total. The molecule has 0 unspecified atom stereocenters. The van der Waals surface area contributed by atoms with Gasteiger partial charge in [0.2, 0.25) is 0 Å². The summed E-state index contributed by atoms with van der Waals surface area (Å²) in [6.07, 6.45) is -4.61. The van der Waals surface area contributed by atoms with Crippen LogP contribution in [0.3, 0.4) is 0 Å². The number of aryl methyl sites for hydroxylation is 2. The van der Waals surface area contributed by atoms with Crippen LogP contribution < -0.4 is 15.5 Å². The second-order valence-electron chi connectivity index (χ2n) is 8.33. The minimum absolute atomic E-state index is 0.0538. The van der Waals surface area contributed by atoms with Gasteiger partial charge in [-0.3, -0.25) is 14.4 Å². The maximum absolute atomic E-state index is 13.1. The molecule has 0 spiro atoms. The Kier molecular flexibility index (Phi) is 7.03. The van der Waals surface area contributed by atoms with Gasteiger partial charge >= 0.3 is 6.18 Å². The van der Waals surface area contributed by atoms with Crippen LogP contribution >= 0.6 is 23.2 Å². The van der Waals surface area contributed by atoms with Crippen LogP contribution in [0.5, 0.6) is 0 Å². The molecule has 1 aliphatic rings. The number of hydrogen-bond acceptors (Lipinski definition) is 4. The number of carbonyl (C=O) groups excluding carboxylic acids is 3. The highest BCUT2D eigenvalue weighted by atomic mass is 35.5. The van der Waals surface area contributed by atoms with Gasteiger partial charge in [0, 0.05) is 11.3 Å². The summed E-state index contributed by atoms with van der Waals surface area (Å²) in [5.74, 6) is -2.12. The van der Waals surface area contributed by atoms with Gasteiger partial charge in [-0.05, 0) is 73.5 Å². The third kappa shape index (κ3) is 5.47. The highest BCUT2D eigenvalue weighted by molar-refractivity contribution is 6.53. The average Bonchev–Trinajstić information content (AvgIpc) is 3.02. The molecule has 3 aromatic rings. The lowest BCUT2D eigenvalue weighted by atomic mass is 10.1. The second kappa shape index (κ2) is 9.91. The minimum Gasteiger partial charge on any atom is -0.350 e. The monoisotopic (exact) mass is 547 g/mol. The summed E-state index contributed by atoms with van der Waals surface area (Å²) in [6.45, 7) is 3.66. The van der Waals surface area contributed by atoms with Crippen LogP contribution in [0.2, 0.25) is 5.02 Å². The minimum atomic E-state index is -4.61. The first-order valence-corrected chi connectivity index (χ1v) is 11.5. The molecule has 1 aliphatic heterocycles. The van der Waals surface area contributed by atoms with Gasteiger partial charge in [-0.2, -0.15) is 13.2 Å². The first-order chi connectivity index (χ1) is 17.3. The fourth-order valence-electron chi connectivity index (χ4n) is 3.80. The molecule has 0 saturated carbocycles. The van der Waals surface area contributed by atoms with E-state index in [-0.39, 0.29) is 32.7 Å². The number of benzene rings is 3. The largest absolute Gasteiger partial charge is 0.416 e. The van der Waals surface area contributed by atoms with Gasteiger partial charge in [-0.1, -0.05) is 35.3 Å². The average molecular weight is 548 g/mol.